The van der Waals surface area contributed by atoms with Crippen LogP contribution < -0.4 is 15.9 Å². The molecular formula is C11H15N2OS+. The molecule has 80 valence electrons. The quantitative estimate of drug-likeness (QED) is 0.578. The summed E-state index contributed by atoms with van der Waals surface area (Å²) in [7, 11) is 1.65. The Hall–Kier alpha value is -1.42. The van der Waals surface area contributed by atoms with Gasteiger partial charge >= 0.3 is 0 Å². The number of ether oxygens (including phenoxy) is 1. The van der Waals surface area contributed by atoms with E-state index in [1.54, 1.807) is 7.11 Å². The summed E-state index contributed by atoms with van der Waals surface area (Å²) >= 11 is 1.42. The highest BCUT2D eigenvalue weighted by molar-refractivity contribution is 8.13. The van der Waals surface area contributed by atoms with Crippen molar-refractivity contribution in [1.82, 2.24) is 0 Å². The SMILES string of the molecule is COc1ccc(/C=C/CSC(N)=[NH2+])cc1. The molecule has 0 saturated heterocycles. The van der Waals surface area contributed by atoms with Crippen LogP contribution in [0.1, 0.15) is 5.56 Å². The van der Waals surface area contributed by atoms with Crippen LogP contribution in [0.4, 0.5) is 0 Å². The van der Waals surface area contributed by atoms with Gasteiger partial charge in [-0.1, -0.05) is 24.3 Å². The summed E-state index contributed by atoms with van der Waals surface area (Å²) in [4.78, 5) is 0. The topological polar surface area (TPSA) is 60.8 Å². The second-order valence-electron chi connectivity index (χ2n) is 2.89. The average molecular weight is 223 g/mol. The van der Waals surface area contributed by atoms with Crippen molar-refractivity contribution in [2.75, 3.05) is 12.9 Å². The molecule has 1 rings (SSSR count). The summed E-state index contributed by atoms with van der Waals surface area (Å²) in [6.07, 6.45) is 4.04. The van der Waals surface area contributed by atoms with Crippen molar-refractivity contribution in [2.24, 2.45) is 5.73 Å². The lowest BCUT2D eigenvalue weighted by atomic mass is 10.2. The molecule has 0 aliphatic carbocycles. The summed E-state index contributed by atoms with van der Waals surface area (Å²) in [5.74, 6) is 1.65. The molecule has 0 fully saturated rings. The monoisotopic (exact) mass is 223 g/mol. The summed E-state index contributed by atoms with van der Waals surface area (Å²) < 4.78 is 5.06. The highest BCUT2D eigenvalue weighted by Crippen LogP contribution is 2.12. The molecule has 0 bridgehead atoms. The molecule has 4 heteroatoms. The molecule has 4 N–H and O–H groups in total. The van der Waals surface area contributed by atoms with Gasteiger partial charge in [-0.25, -0.2) is 0 Å². The summed E-state index contributed by atoms with van der Waals surface area (Å²) in [6.45, 7) is 0. The van der Waals surface area contributed by atoms with Gasteiger partial charge in [0.25, 0.3) is 5.17 Å². The van der Waals surface area contributed by atoms with Gasteiger partial charge in [0, 0.05) is 5.75 Å². The second-order valence-corrected chi connectivity index (χ2v) is 3.98. The third-order valence-electron chi connectivity index (χ3n) is 1.77. The Morgan fingerprint density at radius 1 is 1.47 bits per heavy atom. The van der Waals surface area contributed by atoms with Gasteiger partial charge in [0.15, 0.2) is 0 Å². The Kier molecular flexibility index (Phi) is 4.77. The molecule has 0 radical (unpaired) electrons. The van der Waals surface area contributed by atoms with Crippen LogP contribution in [-0.4, -0.2) is 18.0 Å². The fraction of sp³-hybridized carbons (Fsp3) is 0.182. The molecule has 3 nitrogen and oxygen atoms in total. The van der Waals surface area contributed by atoms with Crippen molar-refractivity contribution >= 4 is 23.0 Å². The minimum atomic E-state index is 0.398. The van der Waals surface area contributed by atoms with Gasteiger partial charge in [0.2, 0.25) is 0 Å². The molecule has 15 heavy (non-hydrogen) atoms. The summed E-state index contributed by atoms with van der Waals surface area (Å²) in [5, 5.41) is 5.71. The van der Waals surface area contributed by atoms with Crippen LogP contribution >= 0.6 is 11.8 Å². The third-order valence-corrected chi connectivity index (χ3v) is 2.46. The van der Waals surface area contributed by atoms with Crippen molar-refractivity contribution in [1.29, 1.82) is 0 Å². The summed E-state index contributed by atoms with van der Waals surface area (Å²) in [6, 6.07) is 7.84. The first kappa shape index (κ1) is 11.7. The van der Waals surface area contributed by atoms with Crippen LogP contribution in [0.25, 0.3) is 6.08 Å². The van der Waals surface area contributed by atoms with E-state index in [2.05, 4.69) is 0 Å². The molecule has 1 aromatic carbocycles. The number of thioether (sulfide) groups is 1. The number of hydrogen-bond donors (Lipinski definition) is 2. The first-order valence-electron chi connectivity index (χ1n) is 4.53. The first-order valence-corrected chi connectivity index (χ1v) is 5.52. The second kappa shape index (κ2) is 6.14. The fourth-order valence-electron chi connectivity index (χ4n) is 1.04. The molecule has 0 atom stereocenters. The van der Waals surface area contributed by atoms with Crippen molar-refractivity contribution in [3.63, 3.8) is 0 Å². The van der Waals surface area contributed by atoms with E-state index in [9.17, 15) is 0 Å². The lowest BCUT2D eigenvalue weighted by Crippen LogP contribution is -2.43. The molecule has 0 amide bonds. The zero-order chi connectivity index (χ0) is 11.1. The van der Waals surface area contributed by atoms with Gasteiger partial charge in [0.05, 0.1) is 7.11 Å². The van der Waals surface area contributed by atoms with Gasteiger partial charge in [-0.3, -0.25) is 11.1 Å². The fourth-order valence-corrected chi connectivity index (χ4v) is 1.43. The van der Waals surface area contributed by atoms with Crippen molar-refractivity contribution < 1.29 is 10.1 Å². The maximum Gasteiger partial charge on any atom is 0.300 e. The van der Waals surface area contributed by atoms with E-state index in [4.69, 9.17) is 15.9 Å². The number of methoxy groups -OCH3 is 1. The number of hydrogen-bond acceptors (Lipinski definition) is 2. The van der Waals surface area contributed by atoms with E-state index in [1.165, 1.54) is 11.8 Å². The zero-order valence-corrected chi connectivity index (χ0v) is 9.46. The van der Waals surface area contributed by atoms with E-state index >= 15 is 0 Å². The van der Waals surface area contributed by atoms with Gasteiger partial charge in [-0.2, -0.15) is 0 Å². The van der Waals surface area contributed by atoms with Crippen LogP contribution in [0.15, 0.2) is 30.3 Å². The highest BCUT2D eigenvalue weighted by Gasteiger charge is 1.92. The molecule has 1 aromatic rings. The lowest BCUT2D eigenvalue weighted by molar-refractivity contribution is -0.110. The normalized spacial score (nSPS) is 10.5. The molecule has 0 aliphatic rings. The molecule has 0 spiro atoms. The molecule has 0 aliphatic heterocycles. The maximum atomic E-state index is 5.32. The Morgan fingerprint density at radius 3 is 2.67 bits per heavy atom. The standard InChI is InChI=1S/C11H14N2OS/c1-14-10-6-4-9(5-7-10)3-2-8-15-11(12)13/h2-7H,8H2,1H3,(H3,12,13)/p+1/b3-2+. The molecule has 0 saturated carbocycles. The van der Waals surface area contributed by atoms with Crippen LogP contribution in [-0.2, 0) is 0 Å². The largest absolute Gasteiger partial charge is 0.497 e. The maximum absolute atomic E-state index is 5.32. The highest BCUT2D eigenvalue weighted by atomic mass is 32.2. The van der Waals surface area contributed by atoms with Crippen LogP contribution in [0.5, 0.6) is 5.75 Å². The van der Waals surface area contributed by atoms with E-state index < -0.39 is 0 Å². The van der Waals surface area contributed by atoms with Crippen molar-refractivity contribution in [3.8, 4) is 5.75 Å². The Morgan fingerprint density at radius 2 is 2.13 bits per heavy atom. The van der Waals surface area contributed by atoms with E-state index in [0.29, 0.717) is 5.17 Å². The predicted molar refractivity (Wildman–Crippen MR) is 65.6 cm³/mol. The first-order chi connectivity index (χ1) is 7.22. The average Bonchev–Trinajstić information content (AvgIpc) is 2.25. The number of amidine groups is 1. The zero-order valence-electron chi connectivity index (χ0n) is 8.64. The van der Waals surface area contributed by atoms with Crippen LogP contribution in [0, 0.1) is 0 Å². The van der Waals surface area contributed by atoms with Crippen LogP contribution in [0.3, 0.4) is 0 Å². The van der Waals surface area contributed by atoms with Crippen molar-refractivity contribution in [3.05, 3.63) is 35.9 Å². The molecular weight excluding hydrogens is 208 g/mol. The lowest BCUT2D eigenvalue weighted by Gasteiger charge is -1.98. The van der Waals surface area contributed by atoms with E-state index in [1.807, 2.05) is 36.4 Å². The Bertz CT molecular complexity index is 346. The van der Waals surface area contributed by atoms with Gasteiger partial charge in [-0.05, 0) is 29.5 Å². The van der Waals surface area contributed by atoms with Gasteiger partial charge in [0.1, 0.15) is 5.75 Å². The number of nitrogens with two attached hydrogens (primary N) is 2. The molecule has 0 unspecified atom stereocenters. The van der Waals surface area contributed by atoms with Gasteiger partial charge in [-0.15, -0.1) is 0 Å². The van der Waals surface area contributed by atoms with E-state index in [-0.39, 0.29) is 0 Å². The number of benzene rings is 1. The smallest absolute Gasteiger partial charge is 0.300 e. The summed E-state index contributed by atoms with van der Waals surface area (Å²) in [5.41, 5.74) is 6.45. The predicted octanol–water partition coefficient (Wildman–Crippen LogP) is 0.515. The minimum absolute atomic E-state index is 0.398. The van der Waals surface area contributed by atoms with E-state index in [0.717, 1.165) is 17.1 Å². The van der Waals surface area contributed by atoms with Crippen molar-refractivity contribution in [2.45, 2.75) is 0 Å². The number of rotatable bonds is 4. The van der Waals surface area contributed by atoms with Crippen LogP contribution in [0.2, 0.25) is 0 Å². The minimum Gasteiger partial charge on any atom is -0.497 e. The third kappa shape index (κ3) is 4.56. The Labute approximate surface area is 93.8 Å². The Balaban J connectivity index is 2.46. The molecule has 0 heterocycles. The van der Waals surface area contributed by atoms with Gasteiger partial charge < -0.3 is 4.74 Å². The molecule has 0 aromatic heterocycles.